The third-order valence-corrected chi connectivity index (χ3v) is 11.6. The van der Waals surface area contributed by atoms with Crippen molar-refractivity contribution < 1.29 is 0 Å². The molecule has 0 bridgehead atoms. The first kappa shape index (κ1) is 32.8. The van der Waals surface area contributed by atoms with Crippen LogP contribution in [0, 0.1) is 0 Å². The molecule has 11 rings (SSSR count). The lowest BCUT2D eigenvalue weighted by Gasteiger charge is -2.20. The first-order chi connectivity index (χ1) is 28.2. The Balaban J connectivity index is 1.21. The lowest BCUT2D eigenvalue weighted by Crippen LogP contribution is -2.19. The summed E-state index contributed by atoms with van der Waals surface area (Å²) in [4.78, 5) is 14.0. The van der Waals surface area contributed by atoms with E-state index in [0.29, 0.717) is 5.39 Å². The van der Waals surface area contributed by atoms with Crippen LogP contribution in [-0.2, 0) is 0 Å². The molecule has 0 fully saturated rings. The van der Waals surface area contributed by atoms with Gasteiger partial charge in [-0.1, -0.05) is 176 Å². The van der Waals surface area contributed by atoms with Crippen LogP contribution >= 0.6 is 0 Å². The van der Waals surface area contributed by atoms with Gasteiger partial charge in [-0.3, -0.25) is 9.36 Å². The summed E-state index contributed by atoms with van der Waals surface area (Å²) >= 11 is 0. The second kappa shape index (κ2) is 13.3. The van der Waals surface area contributed by atoms with E-state index in [1.165, 1.54) is 65.7 Å². The Morgan fingerprint density at radius 2 is 0.754 bits per heavy atom. The highest BCUT2D eigenvalue weighted by Crippen LogP contribution is 2.47. The van der Waals surface area contributed by atoms with Gasteiger partial charge >= 0.3 is 0 Å². The van der Waals surface area contributed by atoms with Crippen LogP contribution in [0.1, 0.15) is 0 Å². The van der Waals surface area contributed by atoms with Gasteiger partial charge in [0.1, 0.15) is 0 Å². The molecule has 266 valence electrons. The summed E-state index contributed by atoms with van der Waals surface area (Å²) in [7, 11) is 0. The number of rotatable bonds is 5. The normalized spacial score (nSPS) is 11.6. The SMILES string of the molecule is O=c1c2ccccc2c2cc(-c3ccc4c(-c5ccc(-c6ccccc6)c6ccccc56)c5ccccc5c(-c5ccccc5)c4c3)ccc2n1-c1ccccc1. The second-order valence-corrected chi connectivity index (χ2v) is 14.7. The number of hydrogen-bond donors (Lipinski definition) is 0. The van der Waals surface area contributed by atoms with E-state index in [9.17, 15) is 4.79 Å². The minimum absolute atomic E-state index is 0.0148. The molecule has 10 aromatic carbocycles. The fourth-order valence-electron chi connectivity index (χ4n) is 9.04. The van der Waals surface area contributed by atoms with E-state index in [-0.39, 0.29) is 5.56 Å². The Morgan fingerprint density at radius 1 is 0.281 bits per heavy atom. The molecular weight excluding hydrogens is 691 g/mol. The van der Waals surface area contributed by atoms with Crippen LogP contribution in [0.4, 0.5) is 0 Å². The van der Waals surface area contributed by atoms with Crippen molar-refractivity contribution in [1.82, 2.24) is 4.57 Å². The smallest absolute Gasteiger partial charge is 0.263 e. The van der Waals surface area contributed by atoms with Gasteiger partial charge in [-0.05, 0) is 119 Å². The van der Waals surface area contributed by atoms with Crippen LogP contribution in [0.3, 0.4) is 0 Å². The van der Waals surface area contributed by atoms with Crippen LogP contribution in [0.15, 0.2) is 217 Å². The highest BCUT2D eigenvalue weighted by atomic mass is 16.1. The predicted octanol–water partition coefficient (Wildman–Crippen LogP) is 14.3. The highest BCUT2D eigenvalue weighted by Gasteiger charge is 2.20. The van der Waals surface area contributed by atoms with Crippen LogP contribution in [0.25, 0.3) is 104 Å². The molecule has 0 spiro atoms. The van der Waals surface area contributed by atoms with E-state index in [1.54, 1.807) is 0 Å². The van der Waals surface area contributed by atoms with E-state index in [0.717, 1.165) is 33.1 Å². The fraction of sp³-hybridized carbons (Fsp3) is 0. The number of fused-ring (bicyclic) bond motifs is 6. The van der Waals surface area contributed by atoms with Gasteiger partial charge in [0.05, 0.1) is 5.52 Å². The zero-order valence-corrected chi connectivity index (χ0v) is 31.1. The minimum Gasteiger partial charge on any atom is -0.276 e. The van der Waals surface area contributed by atoms with Crippen LogP contribution in [-0.4, -0.2) is 4.57 Å². The number of pyridine rings is 1. The fourth-order valence-corrected chi connectivity index (χ4v) is 9.04. The van der Waals surface area contributed by atoms with Crippen LogP contribution < -0.4 is 5.56 Å². The van der Waals surface area contributed by atoms with Crippen molar-refractivity contribution in [2.45, 2.75) is 0 Å². The molecule has 1 aromatic heterocycles. The van der Waals surface area contributed by atoms with Gasteiger partial charge in [-0.15, -0.1) is 0 Å². The average Bonchev–Trinajstić information content (AvgIpc) is 3.29. The molecule has 0 radical (unpaired) electrons. The number of benzene rings is 10. The molecule has 0 N–H and O–H groups in total. The van der Waals surface area contributed by atoms with Crippen LogP contribution in [0.2, 0.25) is 0 Å². The van der Waals surface area contributed by atoms with Gasteiger partial charge in [0.2, 0.25) is 0 Å². The topological polar surface area (TPSA) is 22.0 Å². The van der Waals surface area contributed by atoms with Crippen molar-refractivity contribution in [3.8, 4) is 50.2 Å². The summed E-state index contributed by atoms with van der Waals surface area (Å²) in [5.41, 5.74) is 11.2. The summed E-state index contributed by atoms with van der Waals surface area (Å²) in [6.45, 7) is 0. The van der Waals surface area contributed by atoms with Crippen molar-refractivity contribution in [2.24, 2.45) is 0 Å². The Morgan fingerprint density at radius 3 is 1.44 bits per heavy atom. The molecule has 2 nitrogen and oxygen atoms in total. The average molecular weight is 726 g/mol. The molecule has 2 heteroatoms. The quantitative estimate of drug-likeness (QED) is 0.128. The van der Waals surface area contributed by atoms with E-state index in [2.05, 4.69) is 164 Å². The molecule has 11 aromatic rings. The molecule has 0 amide bonds. The maximum Gasteiger partial charge on any atom is 0.263 e. The van der Waals surface area contributed by atoms with Crippen molar-refractivity contribution in [1.29, 1.82) is 0 Å². The molecule has 57 heavy (non-hydrogen) atoms. The van der Waals surface area contributed by atoms with Gasteiger partial charge in [-0.2, -0.15) is 0 Å². The summed E-state index contributed by atoms with van der Waals surface area (Å²) in [5.74, 6) is 0. The first-order valence-electron chi connectivity index (χ1n) is 19.5. The molecule has 0 aliphatic rings. The van der Waals surface area contributed by atoms with Gasteiger partial charge in [0.25, 0.3) is 5.56 Å². The molecule has 0 aliphatic carbocycles. The molecular formula is C55H35NO. The Bertz CT molecular complexity index is 3400. The van der Waals surface area contributed by atoms with Gasteiger partial charge in [0.15, 0.2) is 0 Å². The standard InChI is InChI=1S/C55H35NO/c57-55-49-27-15-12-24-44(49)50-34-39(29-33-52(50)56(55)40-20-8-3-9-21-40)38-28-30-48-51(35-38)53(37-18-6-2-7-19-37)45-25-13-14-26-46(45)54(48)47-32-31-41(36-16-4-1-5-17-36)42-22-10-11-23-43(42)47/h1-35H. The maximum atomic E-state index is 14.0. The third kappa shape index (κ3) is 5.30. The van der Waals surface area contributed by atoms with Gasteiger partial charge < -0.3 is 0 Å². The Hall–Kier alpha value is -7.55. The number of aromatic nitrogens is 1. The molecule has 0 saturated carbocycles. The summed E-state index contributed by atoms with van der Waals surface area (Å²) in [6.07, 6.45) is 0. The first-order valence-corrected chi connectivity index (χ1v) is 19.5. The zero-order chi connectivity index (χ0) is 37.9. The summed E-state index contributed by atoms with van der Waals surface area (Å²) < 4.78 is 1.85. The highest BCUT2D eigenvalue weighted by molar-refractivity contribution is 6.24. The van der Waals surface area contributed by atoms with E-state index < -0.39 is 0 Å². The molecule has 1 heterocycles. The van der Waals surface area contributed by atoms with E-state index in [1.807, 2.05) is 53.1 Å². The summed E-state index contributed by atoms with van der Waals surface area (Å²) in [6, 6.07) is 75.2. The van der Waals surface area contributed by atoms with E-state index in [4.69, 9.17) is 0 Å². The number of para-hydroxylation sites is 1. The number of nitrogens with zero attached hydrogens (tertiary/aromatic N) is 1. The lowest BCUT2D eigenvalue weighted by atomic mass is 9.83. The minimum atomic E-state index is -0.0148. The Labute approximate surface area is 330 Å². The van der Waals surface area contributed by atoms with Crippen molar-refractivity contribution in [3.05, 3.63) is 223 Å². The van der Waals surface area contributed by atoms with Crippen LogP contribution in [0.5, 0.6) is 0 Å². The third-order valence-electron chi connectivity index (χ3n) is 11.6. The molecule has 0 unspecified atom stereocenters. The largest absolute Gasteiger partial charge is 0.276 e. The van der Waals surface area contributed by atoms with Gasteiger partial charge in [-0.25, -0.2) is 0 Å². The van der Waals surface area contributed by atoms with Gasteiger partial charge in [0, 0.05) is 16.5 Å². The van der Waals surface area contributed by atoms with Crippen molar-refractivity contribution in [2.75, 3.05) is 0 Å². The second-order valence-electron chi connectivity index (χ2n) is 14.7. The monoisotopic (exact) mass is 725 g/mol. The maximum absolute atomic E-state index is 14.0. The molecule has 0 aliphatic heterocycles. The lowest BCUT2D eigenvalue weighted by molar-refractivity contribution is 1.06. The molecule has 0 saturated heterocycles. The van der Waals surface area contributed by atoms with Crippen molar-refractivity contribution >= 4 is 54.0 Å². The molecule has 0 atom stereocenters. The Kier molecular flexibility index (Phi) is 7.68. The number of hydrogen-bond acceptors (Lipinski definition) is 1. The summed E-state index contributed by atoms with van der Waals surface area (Å²) in [5, 5.41) is 10.0. The predicted molar refractivity (Wildman–Crippen MR) is 241 cm³/mol. The van der Waals surface area contributed by atoms with Crippen molar-refractivity contribution in [3.63, 3.8) is 0 Å². The van der Waals surface area contributed by atoms with E-state index >= 15 is 0 Å². The zero-order valence-electron chi connectivity index (χ0n) is 31.1.